The first kappa shape index (κ1) is 15.7. The van der Waals surface area contributed by atoms with E-state index in [0.717, 1.165) is 17.3 Å². The van der Waals surface area contributed by atoms with Crippen molar-refractivity contribution in [3.63, 3.8) is 0 Å². The van der Waals surface area contributed by atoms with Crippen molar-refractivity contribution in [3.05, 3.63) is 16.9 Å². The molecule has 1 aromatic heterocycles. The van der Waals surface area contributed by atoms with E-state index in [1.807, 2.05) is 6.20 Å². The predicted octanol–water partition coefficient (Wildman–Crippen LogP) is 1.95. The van der Waals surface area contributed by atoms with Crippen molar-refractivity contribution in [3.8, 4) is 0 Å². The highest BCUT2D eigenvalue weighted by Gasteiger charge is 2.28. The highest BCUT2D eigenvalue weighted by Crippen LogP contribution is 2.36. The summed E-state index contributed by atoms with van der Waals surface area (Å²) in [5.74, 6) is -0.286. The third-order valence-corrected chi connectivity index (χ3v) is 3.65. The number of carboxylic acids is 1. The van der Waals surface area contributed by atoms with Gasteiger partial charge in [-0.1, -0.05) is 12.8 Å². The summed E-state index contributed by atoms with van der Waals surface area (Å²) in [5.41, 5.74) is 4.17. The topological polar surface area (TPSA) is 98.2 Å². The number of aliphatic carboxylic acids is 1. The molecule has 2 rings (SSSR count). The van der Waals surface area contributed by atoms with Crippen molar-refractivity contribution in [2.45, 2.75) is 38.1 Å². The first-order valence-corrected chi connectivity index (χ1v) is 6.94. The molecule has 106 valence electrons. The second-order valence-corrected chi connectivity index (χ2v) is 5.40. The van der Waals surface area contributed by atoms with Gasteiger partial charge in [0.15, 0.2) is 0 Å². The van der Waals surface area contributed by atoms with Gasteiger partial charge < -0.3 is 10.8 Å². The quantitative estimate of drug-likeness (QED) is 0.824. The van der Waals surface area contributed by atoms with E-state index in [9.17, 15) is 4.79 Å². The van der Waals surface area contributed by atoms with E-state index in [2.05, 4.69) is 26.8 Å². The summed E-state index contributed by atoms with van der Waals surface area (Å²) in [4.78, 5) is 19.5. The van der Waals surface area contributed by atoms with E-state index >= 15 is 0 Å². The number of amides is 1. The maximum atomic E-state index is 10.9. The Morgan fingerprint density at radius 1 is 1.63 bits per heavy atom. The van der Waals surface area contributed by atoms with Gasteiger partial charge in [0.2, 0.25) is 6.41 Å². The average Bonchev–Trinajstić information content (AvgIpc) is 2.97. The standard InChI is InChI=1S/C11H15BrN2O2.CH3NO/c12-9-6-13-14(7-9)10(5-11(15)16)8-3-1-2-4-8;2-1-3/h6-8,10H,1-5H2,(H,15,16);1H,(H2,2,3). The molecule has 1 saturated carbocycles. The Morgan fingerprint density at radius 2 is 2.21 bits per heavy atom. The third kappa shape index (κ3) is 5.02. The lowest BCUT2D eigenvalue weighted by Gasteiger charge is -2.22. The summed E-state index contributed by atoms with van der Waals surface area (Å²) in [7, 11) is 0. The highest BCUT2D eigenvalue weighted by molar-refractivity contribution is 9.10. The number of rotatable bonds is 4. The van der Waals surface area contributed by atoms with Gasteiger partial charge in [-0.3, -0.25) is 14.3 Å². The van der Waals surface area contributed by atoms with E-state index in [1.165, 1.54) is 12.8 Å². The van der Waals surface area contributed by atoms with Crippen LogP contribution < -0.4 is 5.73 Å². The molecule has 19 heavy (non-hydrogen) atoms. The van der Waals surface area contributed by atoms with Crippen molar-refractivity contribution in [1.82, 2.24) is 9.78 Å². The third-order valence-electron chi connectivity index (χ3n) is 3.24. The fraction of sp³-hybridized carbons (Fsp3) is 0.583. The summed E-state index contributed by atoms with van der Waals surface area (Å²) in [6.07, 6.45) is 8.66. The Hall–Kier alpha value is -1.37. The minimum Gasteiger partial charge on any atom is -0.481 e. The number of hydrogen-bond donors (Lipinski definition) is 2. The van der Waals surface area contributed by atoms with E-state index in [-0.39, 0.29) is 18.9 Å². The fourth-order valence-electron chi connectivity index (χ4n) is 2.49. The molecule has 1 fully saturated rings. The summed E-state index contributed by atoms with van der Waals surface area (Å²) >= 11 is 3.34. The van der Waals surface area contributed by atoms with Crippen molar-refractivity contribution in [2.24, 2.45) is 11.7 Å². The van der Waals surface area contributed by atoms with Gasteiger partial charge in [-0.25, -0.2) is 0 Å². The molecular formula is C12H18BrN3O3. The molecule has 3 N–H and O–H groups in total. The van der Waals surface area contributed by atoms with Gasteiger partial charge in [-0.2, -0.15) is 5.10 Å². The van der Waals surface area contributed by atoms with Crippen LogP contribution in [0.25, 0.3) is 0 Å². The SMILES string of the molecule is NC=O.O=C(O)CC(C1CCCC1)n1cc(Br)cn1. The monoisotopic (exact) mass is 331 g/mol. The van der Waals surface area contributed by atoms with Crippen molar-refractivity contribution < 1.29 is 14.7 Å². The maximum absolute atomic E-state index is 10.9. The Morgan fingerprint density at radius 3 is 2.63 bits per heavy atom. The summed E-state index contributed by atoms with van der Waals surface area (Å²) in [6, 6.07) is 0.00583. The van der Waals surface area contributed by atoms with Crippen molar-refractivity contribution >= 4 is 28.3 Å². The molecule has 1 aromatic rings. The van der Waals surface area contributed by atoms with Crippen LogP contribution in [-0.4, -0.2) is 27.3 Å². The van der Waals surface area contributed by atoms with Gasteiger partial charge in [0, 0.05) is 6.20 Å². The van der Waals surface area contributed by atoms with E-state index in [4.69, 9.17) is 9.90 Å². The Balaban J connectivity index is 0.000000550. The molecule has 0 bridgehead atoms. The lowest BCUT2D eigenvalue weighted by molar-refractivity contribution is -0.138. The van der Waals surface area contributed by atoms with Gasteiger partial charge in [0.05, 0.1) is 23.1 Å². The van der Waals surface area contributed by atoms with Gasteiger partial charge in [-0.05, 0) is 34.7 Å². The molecule has 7 heteroatoms. The van der Waals surface area contributed by atoms with E-state index in [0.29, 0.717) is 5.92 Å². The minimum atomic E-state index is -0.747. The largest absolute Gasteiger partial charge is 0.481 e. The second kappa shape index (κ2) is 7.93. The first-order chi connectivity index (χ1) is 9.08. The lowest BCUT2D eigenvalue weighted by Crippen LogP contribution is -2.21. The van der Waals surface area contributed by atoms with Gasteiger partial charge >= 0.3 is 5.97 Å². The number of halogens is 1. The normalized spacial score (nSPS) is 16.5. The number of aromatic nitrogens is 2. The van der Waals surface area contributed by atoms with Gasteiger partial charge in [-0.15, -0.1) is 0 Å². The van der Waals surface area contributed by atoms with Crippen LogP contribution in [0.1, 0.15) is 38.1 Å². The van der Waals surface area contributed by atoms with Crippen LogP contribution in [0.3, 0.4) is 0 Å². The summed E-state index contributed by atoms with van der Waals surface area (Å²) in [5, 5.41) is 13.2. The summed E-state index contributed by atoms with van der Waals surface area (Å²) < 4.78 is 2.70. The molecule has 6 nitrogen and oxygen atoms in total. The van der Waals surface area contributed by atoms with Crippen LogP contribution in [-0.2, 0) is 9.59 Å². The molecule has 1 aliphatic rings. The second-order valence-electron chi connectivity index (χ2n) is 4.48. The number of carbonyl (C=O) groups is 2. The maximum Gasteiger partial charge on any atom is 0.305 e. The fourth-order valence-corrected chi connectivity index (χ4v) is 2.79. The van der Waals surface area contributed by atoms with Crippen LogP contribution in [0.2, 0.25) is 0 Å². The number of primary amides is 1. The van der Waals surface area contributed by atoms with Gasteiger partial charge in [0.25, 0.3) is 0 Å². The molecule has 0 aromatic carbocycles. The number of carboxylic acid groups (broad SMARTS) is 1. The van der Waals surface area contributed by atoms with Crippen LogP contribution in [0.4, 0.5) is 0 Å². The zero-order valence-corrected chi connectivity index (χ0v) is 12.1. The zero-order valence-electron chi connectivity index (χ0n) is 10.5. The molecule has 0 radical (unpaired) electrons. The molecule has 0 aliphatic heterocycles. The Kier molecular flexibility index (Phi) is 6.55. The molecule has 1 heterocycles. The summed E-state index contributed by atoms with van der Waals surface area (Å²) in [6.45, 7) is 0. The number of nitrogens with zero attached hydrogens (tertiary/aromatic N) is 2. The predicted molar refractivity (Wildman–Crippen MR) is 73.4 cm³/mol. The highest BCUT2D eigenvalue weighted by atomic mass is 79.9. The molecule has 0 saturated heterocycles. The smallest absolute Gasteiger partial charge is 0.305 e. The number of nitrogens with two attached hydrogens (primary N) is 1. The zero-order chi connectivity index (χ0) is 14.3. The first-order valence-electron chi connectivity index (χ1n) is 6.15. The molecule has 1 amide bonds. The Bertz CT molecular complexity index is 416. The van der Waals surface area contributed by atoms with E-state index < -0.39 is 5.97 Å². The molecule has 1 aliphatic carbocycles. The minimum absolute atomic E-state index is 0.00583. The molecule has 1 unspecified atom stereocenters. The average molecular weight is 332 g/mol. The van der Waals surface area contributed by atoms with Crippen molar-refractivity contribution in [2.75, 3.05) is 0 Å². The molecule has 1 atom stereocenters. The van der Waals surface area contributed by atoms with Crippen LogP contribution in [0, 0.1) is 5.92 Å². The van der Waals surface area contributed by atoms with Crippen LogP contribution in [0.15, 0.2) is 16.9 Å². The van der Waals surface area contributed by atoms with Crippen LogP contribution >= 0.6 is 15.9 Å². The molecule has 0 spiro atoms. The molecular weight excluding hydrogens is 314 g/mol. The lowest BCUT2D eigenvalue weighted by atomic mass is 9.95. The van der Waals surface area contributed by atoms with Crippen molar-refractivity contribution in [1.29, 1.82) is 0 Å². The number of hydrogen-bond acceptors (Lipinski definition) is 3. The number of carbonyl (C=O) groups excluding carboxylic acids is 1. The van der Waals surface area contributed by atoms with E-state index in [1.54, 1.807) is 10.9 Å². The van der Waals surface area contributed by atoms with Gasteiger partial charge in [0.1, 0.15) is 0 Å². The van der Waals surface area contributed by atoms with Crippen LogP contribution in [0.5, 0.6) is 0 Å². The Labute approximate surface area is 120 Å².